The Hall–Kier alpha value is -2.11. The van der Waals surface area contributed by atoms with Gasteiger partial charge in [-0.1, -0.05) is 29.8 Å². The molecule has 4 nitrogen and oxygen atoms in total. The molecule has 0 fully saturated rings. The third-order valence-corrected chi connectivity index (χ3v) is 4.38. The van der Waals surface area contributed by atoms with Crippen LogP contribution in [0, 0.1) is 0 Å². The Morgan fingerprint density at radius 1 is 1.23 bits per heavy atom. The first-order valence-electron chi connectivity index (χ1n) is 6.85. The molecule has 0 aliphatic rings. The van der Waals surface area contributed by atoms with Crippen molar-refractivity contribution in [3.63, 3.8) is 0 Å². The summed E-state index contributed by atoms with van der Waals surface area (Å²) in [7, 11) is 0. The monoisotopic (exact) mass is 331 g/mol. The van der Waals surface area contributed by atoms with Gasteiger partial charge in [0, 0.05) is 12.7 Å². The number of thiophene rings is 1. The molecule has 0 atom stereocenters. The van der Waals surface area contributed by atoms with Crippen LogP contribution in [0.2, 0.25) is 4.34 Å². The van der Waals surface area contributed by atoms with Crippen molar-refractivity contribution in [3.05, 3.63) is 69.6 Å². The molecule has 112 valence electrons. The Labute approximate surface area is 137 Å². The van der Waals surface area contributed by atoms with Gasteiger partial charge in [0.2, 0.25) is 0 Å². The lowest BCUT2D eigenvalue weighted by Crippen LogP contribution is -2.24. The Kier molecular flexibility index (Phi) is 4.56. The van der Waals surface area contributed by atoms with E-state index in [1.165, 1.54) is 11.3 Å². The van der Waals surface area contributed by atoms with Crippen LogP contribution in [0.5, 0.6) is 0 Å². The van der Waals surface area contributed by atoms with Gasteiger partial charge >= 0.3 is 0 Å². The number of carbonyl (C=O) groups excluding carboxylic acids is 1. The van der Waals surface area contributed by atoms with Crippen LogP contribution in [0.25, 0.3) is 5.69 Å². The van der Waals surface area contributed by atoms with E-state index in [2.05, 4.69) is 10.4 Å². The highest BCUT2D eigenvalue weighted by Crippen LogP contribution is 2.21. The van der Waals surface area contributed by atoms with E-state index in [9.17, 15) is 4.79 Å². The molecule has 1 amide bonds. The van der Waals surface area contributed by atoms with Crippen LogP contribution in [0.4, 0.5) is 0 Å². The molecule has 1 aromatic carbocycles. The lowest BCUT2D eigenvalue weighted by molar-refractivity contribution is 0.0958. The van der Waals surface area contributed by atoms with Crippen LogP contribution >= 0.6 is 22.9 Å². The van der Waals surface area contributed by atoms with Gasteiger partial charge < -0.3 is 5.32 Å². The highest BCUT2D eigenvalue weighted by molar-refractivity contribution is 7.17. The minimum Gasteiger partial charge on any atom is -0.351 e. The molecule has 3 rings (SSSR count). The van der Waals surface area contributed by atoms with Crippen LogP contribution in [-0.4, -0.2) is 22.2 Å². The van der Waals surface area contributed by atoms with Crippen molar-refractivity contribution in [2.24, 2.45) is 0 Å². The summed E-state index contributed by atoms with van der Waals surface area (Å²) < 4.78 is 2.45. The van der Waals surface area contributed by atoms with Crippen molar-refractivity contribution in [3.8, 4) is 5.69 Å². The SMILES string of the molecule is O=C(NCCc1cnn(-c2ccccc2)c1)c1ccc(Cl)s1. The molecule has 1 N–H and O–H groups in total. The summed E-state index contributed by atoms with van der Waals surface area (Å²) in [6.45, 7) is 0.564. The first kappa shape index (κ1) is 14.8. The molecule has 3 aromatic rings. The number of rotatable bonds is 5. The average Bonchev–Trinajstić information content (AvgIpc) is 3.17. The Morgan fingerprint density at radius 2 is 2.05 bits per heavy atom. The van der Waals surface area contributed by atoms with Crippen LogP contribution < -0.4 is 5.32 Å². The molecule has 0 spiro atoms. The van der Waals surface area contributed by atoms with E-state index >= 15 is 0 Å². The highest BCUT2D eigenvalue weighted by atomic mass is 35.5. The molecule has 0 aliphatic heterocycles. The average molecular weight is 332 g/mol. The number of halogens is 1. The number of benzene rings is 1. The minimum absolute atomic E-state index is 0.0904. The summed E-state index contributed by atoms with van der Waals surface area (Å²) in [6, 6.07) is 13.4. The first-order valence-corrected chi connectivity index (χ1v) is 8.04. The fourth-order valence-corrected chi connectivity index (χ4v) is 3.01. The molecule has 2 heterocycles. The van der Waals surface area contributed by atoms with E-state index in [4.69, 9.17) is 11.6 Å². The maximum Gasteiger partial charge on any atom is 0.261 e. The zero-order valence-corrected chi connectivity index (χ0v) is 13.3. The molecule has 6 heteroatoms. The molecule has 0 aliphatic carbocycles. The second-order valence-corrected chi connectivity index (χ2v) is 6.45. The lowest BCUT2D eigenvalue weighted by Gasteiger charge is -2.02. The maximum atomic E-state index is 11.9. The number of para-hydroxylation sites is 1. The molecule has 0 bridgehead atoms. The van der Waals surface area contributed by atoms with Crippen molar-refractivity contribution in [2.75, 3.05) is 6.54 Å². The minimum atomic E-state index is -0.0904. The molecule has 0 saturated carbocycles. The largest absolute Gasteiger partial charge is 0.351 e. The second kappa shape index (κ2) is 6.77. The molecule has 0 radical (unpaired) electrons. The number of hydrogen-bond acceptors (Lipinski definition) is 3. The quantitative estimate of drug-likeness (QED) is 0.777. The van der Waals surface area contributed by atoms with Gasteiger partial charge in [0.05, 0.1) is 21.1 Å². The third-order valence-electron chi connectivity index (χ3n) is 3.15. The van der Waals surface area contributed by atoms with Gasteiger partial charge in [0.1, 0.15) is 0 Å². The predicted molar refractivity (Wildman–Crippen MR) is 88.9 cm³/mol. The van der Waals surface area contributed by atoms with Gasteiger partial charge in [-0.3, -0.25) is 4.79 Å². The van der Waals surface area contributed by atoms with E-state index in [1.54, 1.807) is 12.1 Å². The van der Waals surface area contributed by atoms with Crippen molar-refractivity contribution in [1.29, 1.82) is 0 Å². The summed E-state index contributed by atoms with van der Waals surface area (Å²) >= 11 is 7.10. The van der Waals surface area contributed by atoms with Gasteiger partial charge in [-0.15, -0.1) is 11.3 Å². The Morgan fingerprint density at radius 3 is 2.77 bits per heavy atom. The number of carbonyl (C=O) groups is 1. The smallest absolute Gasteiger partial charge is 0.261 e. The summed E-state index contributed by atoms with van der Waals surface area (Å²) in [6.07, 6.45) is 4.53. The Balaban J connectivity index is 1.54. The number of aromatic nitrogens is 2. The molecular formula is C16H14ClN3OS. The van der Waals surface area contributed by atoms with Gasteiger partial charge in [-0.2, -0.15) is 5.10 Å². The first-order chi connectivity index (χ1) is 10.7. The maximum absolute atomic E-state index is 11.9. The normalized spacial score (nSPS) is 10.6. The molecule has 0 saturated heterocycles. The van der Waals surface area contributed by atoms with E-state index in [1.807, 2.05) is 47.4 Å². The molecule has 22 heavy (non-hydrogen) atoms. The van der Waals surface area contributed by atoms with E-state index in [0.29, 0.717) is 15.8 Å². The van der Waals surface area contributed by atoms with E-state index < -0.39 is 0 Å². The number of amides is 1. The fraction of sp³-hybridized carbons (Fsp3) is 0.125. The zero-order valence-electron chi connectivity index (χ0n) is 11.7. The standard InChI is InChI=1S/C16H14ClN3OS/c17-15-7-6-14(22-15)16(21)18-9-8-12-10-19-20(11-12)13-4-2-1-3-5-13/h1-7,10-11H,8-9H2,(H,18,21). The predicted octanol–water partition coefficient (Wildman–Crippen LogP) is 3.56. The second-order valence-electron chi connectivity index (χ2n) is 4.74. The number of nitrogens with zero attached hydrogens (tertiary/aromatic N) is 2. The van der Waals surface area contributed by atoms with Crippen LogP contribution in [0.3, 0.4) is 0 Å². The number of nitrogens with one attached hydrogen (secondary N) is 1. The number of hydrogen-bond donors (Lipinski definition) is 1. The van der Waals surface area contributed by atoms with Crippen LogP contribution in [0.1, 0.15) is 15.2 Å². The lowest BCUT2D eigenvalue weighted by atomic mass is 10.2. The van der Waals surface area contributed by atoms with E-state index in [-0.39, 0.29) is 5.91 Å². The van der Waals surface area contributed by atoms with Crippen molar-refractivity contribution < 1.29 is 4.79 Å². The van der Waals surface area contributed by atoms with Gasteiger partial charge in [-0.05, 0) is 36.2 Å². The summed E-state index contributed by atoms with van der Waals surface area (Å²) in [5, 5.41) is 7.22. The van der Waals surface area contributed by atoms with E-state index in [0.717, 1.165) is 17.7 Å². The van der Waals surface area contributed by atoms with Crippen molar-refractivity contribution >= 4 is 28.8 Å². The van der Waals surface area contributed by atoms with Gasteiger partial charge in [-0.25, -0.2) is 4.68 Å². The van der Waals surface area contributed by atoms with Gasteiger partial charge in [0.15, 0.2) is 0 Å². The topological polar surface area (TPSA) is 46.9 Å². The molecule has 0 unspecified atom stereocenters. The summed E-state index contributed by atoms with van der Waals surface area (Å²) in [4.78, 5) is 12.5. The fourth-order valence-electron chi connectivity index (χ4n) is 2.05. The summed E-state index contributed by atoms with van der Waals surface area (Å²) in [5.74, 6) is -0.0904. The van der Waals surface area contributed by atoms with Crippen molar-refractivity contribution in [2.45, 2.75) is 6.42 Å². The summed E-state index contributed by atoms with van der Waals surface area (Å²) in [5.41, 5.74) is 2.10. The van der Waals surface area contributed by atoms with Crippen LogP contribution in [-0.2, 0) is 6.42 Å². The third kappa shape index (κ3) is 3.55. The van der Waals surface area contributed by atoms with Crippen LogP contribution in [0.15, 0.2) is 54.9 Å². The van der Waals surface area contributed by atoms with Crippen molar-refractivity contribution in [1.82, 2.24) is 15.1 Å². The molecule has 2 aromatic heterocycles. The Bertz CT molecular complexity index is 767. The zero-order chi connectivity index (χ0) is 15.4. The highest BCUT2D eigenvalue weighted by Gasteiger charge is 2.08. The molecular weight excluding hydrogens is 318 g/mol. The van der Waals surface area contributed by atoms with Gasteiger partial charge in [0.25, 0.3) is 5.91 Å².